The topological polar surface area (TPSA) is 135 Å². The van der Waals surface area contributed by atoms with E-state index in [-0.39, 0.29) is 32.3 Å². The first-order chi connectivity index (χ1) is 18.1. The standard InChI is InChI=1S/C29H44N2O8/c1-21(24(14-15-25(30)32)31-27(34)39-29(5,6)7)37-19-23-12-10-22(11-13-23)9-8-16-35-17-18-36-20-26(33)38-28(2,3)4/h10-13,21,24H,14-20H2,1-7H3,(H2,30,32)(H,31,34)/t21-,24+/m1/s1. The molecule has 10 heteroatoms. The molecule has 1 rings (SSSR count). The minimum atomic E-state index is -0.642. The van der Waals surface area contributed by atoms with Gasteiger partial charge >= 0.3 is 12.1 Å². The van der Waals surface area contributed by atoms with Gasteiger partial charge in [-0.3, -0.25) is 4.79 Å². The van der Waals surface area contributed by atoms with Crippen LogP contribution in [0.1, 0.15) is 72.4 Å². The number of primary amides is 1. The average Bonchev–Trinajstić information content (AvgIpc) is 2.80. The SMILES string of the molecule is C[C@@H](OCc1ccc(C#CCOCCOCC(=O)OC(C)(C)C)cc1)[C@H](CCC(N)=O)NC(=O)OC(C)(C)C. The molecular weight excluding hydrogens is 504 g/mol. The summed E-state index contributed by atoms with van der Waals surface area (Å²) in [5, 5.41) is 2.78. The minimum Gasteiger partial charge on any atom is -0.458 e. The fourth-order valence-electron chi connectivity index (χ4n) is 3.11. The van der Waals surface area contributed by atoms with Crippen molar-refractivity contribution in [3.05, 3.63) is 35.4 Å². The van der Waals surface area contributed by atoms with Gasteiger partial charge in [0.15, 0.2) is 0 Å². The molecule has 1 aromatic rings. The molecule has 0 aliphatic carbocycles. The maximum absolute atomic E-state index is 12.2. The van der Waals surface area contributed by atoms with E-state index in [1.807, 2.05) is 31.2 Å². The number of hydrogen-bond donors (Lipinski definition) is 2. The van der Waals surface area contributed by atoms with Crippen molar-refractivity contribution < 1.29 is 38.1 Å². The summed E-state index contributed by atoms with van der Waals surface area (Å²) in [6.45, 7) is 13.6. The summed E-state index contributed by atoms with van der Waals surface area (Å²) in [5.41, 5.74) is 5.86. The zero-order valence-electron chi connectivity index (χ0n) is 24.3. The number of ether oxygens (including phenoxy) is 5. The lowest BCUT2D eigenvalue weighted by atomic mass is 10.1. The zero-order chi connectivity index (χ0) is 29.5. The molecule has 1 aromatic carbocycles. The van der Waals surface area contributed by atoms with E-state index in [4.69, 9.17) is 29.4 Å². The molecule has 3 N–H and O–H groups in total. The smallest absolute Gasteiger partial charge is 0.407 e. The van der Waals surface area contributed by atoms with E-state index in [2.05, 4.69) is 17.2 Å². The fourth-order valence-corrected chi connectivity index (χ4v) is 3.11. The lowest BCUT2D eigenvalue weighted by Crippen LogP contribution is -2.45. The molecule has 0 radical (unpaired) electrons. The molecule has 2 atom stereocenters. The van der Waals surface area contributed by atoms with E-state index in [1.54, 1.807) is 41.5 Å². The van der Waals surface area contributed by atoms with Gasteiger partial charge in [0, 0.05) is 12.0 Å². The van der Waals surface area contributed by atoms with Crippen molar-refractivity contribution in [1.82, 2.24) is 5.32 Å². The van der Waals surface area contributed by atoms with Crippen LogP contribution in [0.3, 0.4) is 0 Å². The van der Waals surface area contributed by atoms with E-state index < -0.39 is 35.2 Å². The number of carbonyl (C=O) groups excluding carboxylic acids is 3. The molecule has 39 heavy (non-hydrogen) atoms. The summed E-state index contributed by atoms with van der Waals surface area (Å²) in [4.78, 5) is 35.0. The number of carbonyl (C=O) groups is 3. The first-order valence-electron chi connectivity index (χ1n) is 13.0. The molecule has 0 aliphatic rings. The van der Waals surface area contributed by atoms with Crippen molar-refractivity contribution >= 4 is 18.0 Å². The van der Waals surface area contributed by atoms with Crippen LogP contribution in [-0.4, -0.2) is 67.7 Å². The predicted molar refractivity (Wildman–Crippen MR) is 147 cm³/mol. The molecule has 0 saturated heterocycles. The van der Waals surface area contributed by atoms with Gasteiger partial charge in [-0.15, -0.1) is 0 Å². The largest absolute Gasteiger partial charge is 0.458 e. The number of amides is 2. The highest BCUT2D eigenvalue weighted by Crippen LogP contribution is 2.13. The van der Waals surface area contributed by atoms with Crippen LogP contribution in [-0.2, 0) is 39.9 Å². The molecule has 0 heterocycles. The third-order valence-electron chi connectivity index (χ3n) is 4.86. The second kappa shape index (κ2) is 16.7. The van der Waals surface area contributed by atoms with Crippen LogP contribution in [0.15, 0.2) is 24.3 Å². The van der Waals surface area contributed by atoms with Crippen LogP contribution < -0.4 is 11.1 Å². The summed E-state index contributed by atoms with van der Waals surface area (Å²) in [6, 6.07) is 7.12. The molecule has 0 saturated carbocycles. The van der Waals surface area contributed by atoms with Gasteiger partial charge in [0.05, 0.1) is 32.0 Å². The Morgan fingerprint density at radius 1 is 0.949 bits per heavy atom. The van der Waals surface area contributed by atoms with Crippen LogP contribution >= 0.6 is 0 Å². The normalized spacial score (nSPS) is 13.0. The summed E-state index contributed by atoms with van der Waals surface area (Å²) < 4.78 is 27.1. The fraction of sp³-hybridized carbons (Fsp3) is 0.621. The van der Waals surface area contributed by atoms with Gasteiger partial charge in [-0.25, -0.2) is 9.59 Å². The Kier molecular flexibility index (Phi) is 14.6. The monoisotopic (exact) mass is 548 g/mol. The molecule has 2 amide bonds. The number of esters is 1. The Hall–Kier alpha value is -3.13. The van der Waals surface area contributed by atoms with Gasteiger partial charge < -0.3 is 34.7 Å². The van der Waals surface area contributed by atoms with E-state index >= 15 is 0 Å². The van der Waals surface area contributed by atoms with Crippen molar-refractivity contribution in [2.24, 2.45) is 5.73 Å². The number of nitrogens with one attached hydrogen (secondary N) is 1. The maximum atomic E-state index is 12.2. The molecule has 0 fully saturated rings. The highest BCUT2D eigenvalue weighted by atomic mass is 16.6. The molecule has 0 spiro atoms. The molecule has 0 aliphatic heterocycles. The van der Waals surface area contributed by atoms with Crippen molar-refractivity contribution in [3.63, 3.8) is 0 Å². The number of alkyl carbamates (subject to hydrolysis) is 1. The quantitative estimate of drug-likeness (QED) is 0.205. The van der Waals surface area contributed by atoms with Gasteiger partial charge in [0.1, 0.15) is 24.4 Å². The van der Waals surface area contributed by atoms with Gasteiger partial charge in [-0.05, 0) is 72.6 Å². The Bertz CT molecular complexity index is 968. The van der Waals surface area contributed by atoms with E-state index in [1.165, 1.54) is 0 Å². The lowest BCUT2D eigenvalue weighted by Gasteiger charge is -2.27. The summed E-state index contributed by atoms with van der Waals surface area (Å²) in [7, 11) is 0. The summed E-state index contributed by atoms with van der Waals surface area (Å²) in [6.07, 6.45) is -0.513. The summed E-state index contributed by atoms with van der Waals surface area (Å²) in [5.74, 6) is 5.09. The second-order valence-corrected chi connectivity index (χ2v) is 11.0. The van der Waals surface area contributed by atoms with E-state index in [0.717, 1.165) is 11.1 Å². The molecule has 0 aromatic heterocycles. The first-order valence-corrected chi connectivity index (χ1v) is 13.0. The number of nitrogens with two attached hydrogens (primary N) is 1. The molecule has 0 bridgehead atoms. The van der Waals surface area contributed by atoms with Crippen molar-refractivity contribution in [1.29, 1.82) is 0 Å². The van der Waals surface area contributed by atoms with Crippen LogP contribution in [0.5, 0.6) is 0 Å². The molecular formula is C29H44N2O8. The average molecular weight is 549 g/mol. The van der Waals surface area contributed by atoms with Crippen molar-refractivity contribution in [3.8, 4) is 11.8 Å². The summed E-state index contributed by atoms with van der Waals surface area (Å²) >= 11 is 0. The van der Waals surface area contributed by atoms with Crippen LogP contribution in [0.25, 0.3) is 0 Å². The van der Waals surface area contributed by atoms with Crippen molar-refractivity contribution in [2.75, 3.05) is 26.4 Å². The van der Waals surface area contributed by atoms with Gasteiger partial charge in [-0.2, -0.15) is 0 Å². The predicted octanol–water partition coefficient (Wildman–Crippen LogP) is 3.48. The first kappa shape index (κ1) is 33.9. The number of hydrogen-bond acceptors (Lipinski definition) is 8. The van der Waals surface area contributed by atoms with Gasteiger partial charge in [0.25, 0.3) is 0 Å². The van der Waals surface area contributed by atoms with E-state index in [9.17, 15) is 14.4 Å². The highest BCUT2D eigenvalue weighted by Gasteiger charge is 2.24. The van der Waals surface area contributed by atoms with E-state index in [0.29, 0.717) is 19.6 Å². The maximum Gasteiger partial charge on any atom is 0.407 e. The van der Waals surface area contributed by atoms with Crippen LogP contribution in [0.4, 0.5) is 4.79 Å². The third kappa shape index (κ3) is 17.9. The Morgan fingerprint density at radius 2 is 1.56 bits per heavy atom. The van der Waals surface area contributed by atoms with Gasteiger partial charge in [-0.1, -0.05) is 24.0 Å². The van der Waals surface area contributed by atoms with Crippen LogP contribution in [0.2, 0.25) is 0 Å². The Labute approximate surface area is 232 Å². The third-order valence-corrected chi connectivity index (χ3v) is 4.86. The minimum absolute atomic E-state index is 0.115. The van der Waals surface area contributed by atoms with Crippen molar-refractivity contribution in [2.45, 2.75) is 91.3 Å². The zero-order valence-corrected chi connectivity index (χ0v) is 24.3. The van der Waals surface area contributed by atoms with Crippen LogP contribution in [0, 0.1) is 11.8 Å². The number of rotatable bonds is 14. The lowest BCUT2D eigenvalue weighted by molar-refractivity contribution is -0.160. The highest BCUT2D eigenvalue weighted by molar-refractivity contribution is 5.74. The Balaban J connectivity index is 2.43. The second-order valence-electron chi connectivity index (χ2n) is 11.0. The number of benzene rings is 1. The van der Waals surface area contributed by atoms with Gasteiger partial charge in [0.2, 0.25) is 5.91 Å². The molecule has 10 nitrogen and oxygen atoms in total. The molecule has 218 valence electrons. The Morgan fingerprint density at radius 3 is 2.15 bits per heavy atom. The molecule has 0 unspecified atom stereocenters.